The Hall–Kier alpha value is -2.38. The maximum atomic E-state index is 14.2. The second kappa shape index (κ2) is 6.80. The Bertz CT molecular complexity index is 671. The lowest BCUT2D eigenvalue weighted by atomic mass is 9.91. The minimum atomic E-state index is -0.635. The molecule has 0 radical (unpaired) electrons. The third-order valence-electron chi connectivity index (χ3n) is 4.18. The standard InChI is InChI=1S/C15H17F2N5O/c16-11-5-6-12(13(17)7-11)15(10-3-1-2-4-10)19-14(23)8-22-9-18-20-21-22/h5-7,9-10,15H,1-4,8H2,(H,19,23)/t15-/m1/s1. The molecular weight excluding hydrogens is 304 g/mol. The van der Waals surface area contributed by atoms with Crippen molar-refractivity contribution in [2.24, 2.45) is 5.92 Å². The summed E-state index contributed by atoms with van der Waals surface area (Å²) in [4.78, 5) is 12.2. The average Bonchev–Trinajstić information content (AvgIpc) is 3.18. The maximum Gasteiger partial charge on any atom is 0.242 e. The van der Waals surface area contributed by atoms with Crippen LogP contribution in [-0.2, 0) is 11.3 Å². The fourth-order valence-corrected chi connectivity index (χ4v) is 3.11. The molecule has 1 aliphatic carbocycles. The van der Waals surface area contributed by atoms with Gasteiger partial charge in [-0.15, -0.1) is 5.10 Å². The molecule has 0 saturated heterocycles. The number of hydrogen-bond donors (Lipinski definition) is 1. The molecule has 0 unspecified atom stereocenters. The molecule has 6 nitrogen and oxygen atoms in total. The largest absolute Gasteiger partial charge is 0.347 e. The Morgan fingerprint density at radius 2 is 2.13 bits per heavy atom. The summed E-state index contributed by atoms with van der Waals surface area (Å²) in [5.74, 6) is -1.42. The van der Waals surface area contributed by atoms with Gasteiger partial charge >= 0.3 is 0 Å². The van der Waals surface area contributed by atoms with Gasteiger partial charge in [0.2, 0.25) is 5.91 Å². The molecule has 1 N–H and O–H groups in total. The van der Waals surface area contributed by atoms with Crippen LogP contribution in [0.5, 0.6) is 0 Å². The summed E-state index contributed by atoms with van der Waals surface area (Å²) >= 11 is 0. The predicted molar refractivity (Wildman–Crippen MR) is 77.0 cm³/mol. The Labute approximate surface area is 131 Å². The van der Waals surface area contributed by atoms with Crippen molar-refractivity contribution in [3.05, 3.63) is 41.7 Å². The van der Waals surface area contributed by atoms with Gasteiger partial charge in [0.1, 0.15) is 24.5 Å². The zero-order valence-electron chi connectivity index (χ0n) is 12.5. The van der Waals surface area contributed by atoms with Crippen LogP contribution in [0, 0.1) is 17.6 Å². The summed E-state index contributed by atoms with van der Waals surface area (Å²) < 4.78 is 28.6. The van der Waals surface area contributed by atoms with E-state index in [1.165, 1.54) is 23.1 Å². The van der Waals surface area contributed by atoms with Crippen molar-refractivity contribution in [1.29, 1.82) is 0 Å². The van der Waals surface area contributed by atoms with Gasteiger partial charge in [0, 0.05) is 11.6 Å². The van der Waals surface area contributed by atoms with Gasteiger partial charge in [-0.2, -0.15) is 0 Å². The average molecular weight is 321 g/mol. The Balaban J connectivity index is 1.79. The first-order chi connectivity index (χ1) is 11.1. The van der Waals surface area contributed by atoms with E-state index in [1.54, 1.807) is 0 Å². The van der Waals surface area contributed by atoms with Crippen molar-refractivity contribution in [1.82, 2.24) is 25.5 Å². The first kappa shape index (κ1) is 15.5. The van der Waals surface area contributed by atoms with Crippen LogP contribution in [0.1, 0.15) is 37.3 Å². The topological polar surface area (TPSA) is 72.7 Å². The monoisotopic (exact) mass is 321 g/mol. The van der Waals surface area contributed by atoms with Crippen molar-refractivity contribution >= 4 is 5.91 Å². The first-order valence-electron chi connectivity index (χ1n) is 7.58. The third kappa shape index (κ3) is 3.69. The normalized spacial score (nSPS) is 16.4. The number of benzene rings is 1. The second-order valence-corrected chi connectivity index (χ2v) is 5.76. The number of aromatic nitrogens is 4. The van der Waals surface area contributed by atoms with Crippen molar-refractivity contribution in [2.45, 2.75) is 38.3 Å². The van der Waals surface area contributed by atoms with Crippen LogP contribution in [0.25, 0.3) is 0 Å². The molecule has 1 amide bonds. The second-order valence-electron chi connectivity index (χ2n) is 5.76. The number of rotatable bonds is 5. The minimum Gasteiger partial charge on any atom is -0.347 e. The fraction of sp³-hybridized carbons (Fsp3) is 0.467. The predicted octanol–water partition coefficient (Wildman–Crippen LogP) is 2.00. The summed E-state index contributed by atoms with van der Waals surface area (Å²) in [6, 6.07) is 3.01. The van der Waals surface area contributed by atoms with Crippen molar-refractivity contribution in [3.63, 3.8) is 0 Å². The summed E-state index contributed by atoms with van der Waals surface area (Å²) in [6.07, 6.45) is 5.25. The molecular formula is C15H17F2N5O. The lowest BCUT2D eigenvalue weighted by Gasteiger charge is -2.25. The Morgan fingerprint density at radius 1 is 1.35 bits per heavy atom. The molecule has 1 saturated carbocycles. The van der Waals surface area contributed by atoms with Crippen LogP contribution in [0.15, 0.2) is 24.5 Å². The highest BCUT2D eigenvalue weighted by atomic mass is 19.1. The lowest BCUT2D eigenvalue weighted by molar-refractivity contribution is -0.123. The molecule has 1 heterocycles. The van der Waals surface area contributed by atoms with Crippen LogP contribution in [0.3, 0.4) is 0 Å². The highest BCUT2D eigenvalue weighted by molar-refractivity contribution is 5.76. The number of hydrogen-bond acceptors (Lipinski definition) is 4. The van der Waals surface area contributed by atoms with Gasteiger partial charge in [0.25, 0.3) is 0 Å². The molecule has 0 spiro atoms. The fourth-order valence-electron chi connectivity index (χ4n) is 3.11. The van der Waals surface area contributed by atoms with Crippen molar-refractivity contribution in [3.8, 4) is 0 Å². The molecule has 0 bridgehead atoms. The van der Waals surface area contributed by atoms with Gasteiger partial charge in [-0.25, -0.2) is 13.5 Å². The molecule has 1 aliphatic rings. The molecule has 3 rings (SSSR count). The van der Waals surface area contributed by atoms with E-state index in [2.05, 4.69) is 20.8 Å². The summed E-state index contributed by atoms with van der Waals surface area (Å²) in [7, 11) is 0. The van der Waals surface area contributed by atoms with Crippen LogP contribution < -0.4 is 5.32 Å². The number of halogens is 2. The molecule has 1 fully saturated rings. The number of carbonyl (C=O) groups excluding carboxylic acids is 1. The number of carbonyl (C=O) groups is 1. The number of amides is 1. The van der Waals surface area contributed by atoms with Crippen molar-refractivity contribution < 1.29 is 13.6 Å². The number of nitrogens with one attached hydrogen (secondary N) is 1. The molecule has 0 aliphatic heterocycles. The van der Waals surface area contributed by atoms with Crippen LogP contribution in [0.2, 0.25) is 0 Å². The Kier molecular flexibility index (Phi) is 4.59. The molecule has 1 aromatic carbocycles. The van der Waals surface area contributed by atoms with E-state index in [0.29, 0.717) is 5.56 Å². The van der Waals surface area contributed by atoms with E-state index >= 15 is 0 Å². The zero-order valence-corrected chi connectivity index (χ0v) is 12.5. The van der Waals surface area contributed by atoms with Gasteiger partial charge in [-0.1, -0.05) is 18.9 Å². The lowest BCUT2D eigenvalue weighted by Crippen LogP contribution is -2.35. The van der Waals surface area contributed by atoms with E-state index in [0.717, 1.165) is 31.7 Å². The highest BCUT2D eigenvalue weighted by Crippen LogP contribution is 2.36. The summed E-state index contributed by atoms with van der Waals surface area (Å²) in [6.45, 7) is -0.0426. The van der Waals surface area contributed by atoms with E-state index in [4.69, 9.17) is 0 Å². The summed E-state index contributed by atoms with van der Waals surface area (Å²) in [5, 5.41) is 13.4. The molecule has 1 atom stereocenters. The van der Waals surface area contributed by atoms with E-state index in [-0.39, 0.29) is 18.4 Å². The van der Waals surface area contributed by atoms with Gasteiger partial charge in [-0.3, -0.25) is 4.79 Å². The van der Waals surface area contributed by atoms with E-state index < -0.39 is 17.7 Å². The first-order valence-corrected chi connectivity index (χ1v) is 7.58. The molecule has 1 aromatic heterocycles. The zero-order chi connectivity index (χ0) is 16.2. The molecule has 122 valence electrons. The molecule has 2 aromatic rings. The van der Waals surface area contributed by atoms with Gasteiger partial charge in [-0.05, 0) is 35.3 Å². The third-order valence-corrected chi connectivity index (χ3v) is 4.18. The maximum absolute atomic E-state index is 14.2. The van der Waals surface area contributed by atoms with Crippen LogP contribution in [-0.4, -0.2) is 26.1 Å². The van der Waals surface area contributed by atoms with Gasteiger partial charge < -0.3 is 5.32 Å². The quantitative estimate of drug-likeness (QED) is 0.914. The van der Waals surface area contributed by atoms with Crippen molar-refractivity contribution in [2.75, 3.05) is 0 Å². The van der Waals surface area contributed by atoms with Gasteiger partial charge in [0.15, 0.2) is 0 Å². The Morgan fingerprint density at radius 3 is 2.78 bits per heavy atom. The SMILES string of the molecule is O=C(Cn1cnnn1)N[C@@H](c1ccc(F)cc1F)C1CCCC1. The smallest absolute Gasteiger partial charge is 0.242 e. The molecule has 23 heavy (non-hydrogen) atoms. The summed E-state index contributed by atoms with van der Waals surface area (Å²) in [5.41, 5.74) is 0.323. The number of nitrogens with zero attached hydrogens (tertiary/aromatic N) is 4. The van der Waals surface area contributed by atoms with Crippen LogP contribution >= 0.6 is 0 Å². The van der Waals surface area contributed by atoms with E-state index in [9.17, 15) is 13.6 Å². The highest BCUT2D eigenvalue weighted by Gasteiger charge is 2.29. The number of tetrazole rings is 1. The van der Waals surface area contributed by atoms with Gasteiger partial charge in [0.05, 0.1) is 6.04 Å². The molecule has 8 heteroatoms. The van der Waals surface area contributed by atoms with Crippen LogP contribution in [0.4, 0.5) is 8.78 Å². The minimum absolute atomic E-state index is 0.0426. The van der Waals surface area contributed by atoms with E-state index in [1.807, 2.05) is 0 Å².